The van der Waals surface area contributed by atoms with Crippen molar-refractivity contribution < 1.29 is 14.1 Å². The number of hydrogen-bond donors (Lipinski definition) is 0. The topological polar surface area (TPSA) is 52.3 Å². The van der Waals surface area contributed by atoms with Gasteiger partial charge in [-0.2, -0.15) is 0 Å². The summed E-state index contributed by atoms with van der Waals surface area (Å²) in [4.78, 5) is 10.7. The lowest BCUT2D eigenvalue weighted by atomic mass is 10.1. The molecule has 24 heavy (non-hydrogen) atoms. The highest BCUT2D eigenvalue weighted by Crippen LogP contribution is 2.23. The first-order valence-corrected chi connectivity index (χ1v) is 8.25. The number of benzene rings is 2. The van der Waals surface area contributed by atoms with Crippen molar-refractivity contribution in [2.24, 2.45) is 0 Å². The Kier molecular flexibility index (Phi) is 6.82. The fourth-order valence-corrected chi connectivity index (χ4v) is 2.23. The van der Waals surface area contributed by atoms with Crippen LogP contribution in [0.15, 0.2) is 53.1 Å². The second-order valence-electron chi connectivity index (χ2n) is 5.31. The number of aryl methyl sites for hydroxylation is 1. The van der Waals surface area contributed by atoms with Gasteiger partial charge < -0.3 is 9.26 Å². The molecule has 3 rings (SSSR count). The molecule has 0 aliphatic heterocycles. The van der Waals surface area contributed by atoms with E-state index in [-0.39, 0.29) is 5.88 Å². The van der Waals surface area contributed by atoms with E-state index in [2.05, 4.69) is 24.2 Å². The van der Waals surface area contributed by atoms with E-state index in [9.17, 15) is 4.79 Å². The molecule has 4 nitrogen and oxygen atoms in total. The Labute approximate surface area is 146 Å². The van der Waals surface area contributed by atoms with Crippen molar-refractivity contribution in [2.45, 2.75) is 33.1 Å². The highest BCUT2D eigenvalue weighted by atomic mass is 35.5. The molecule has 126 valence electrons. The van der Waals surface area contributed by atoms with E-state index in [1.165, 1.54) is 31.7 Å². The van der Waals surface area contributed by atoms with E-state index in [4.69, 9.17) is 20.9 Å². The van der Waals surface area contributed by atoms with E-state index in [1.807, 2.05) is 24.3 Å². The van der Waals surface area contributed by atoms with Crippen LogP contribution in [0.4, 0.5) is 0 Å². The number of aromatic nitrogens is 1. The average Bonchev–Trinajstić information content (AvgIpc) is 2.98. The molecule has 0 saturated carbocycles. The molecule has 0 amide bonds. The number of hydrogen-bond acceptors (Lipinski definition) is 4. The van der Waals surface area contributed by atoms with Crippen LogP contribution < -0.4 is 4.74 Å². The Balaban J connectivity index is 0.000000177. The lowest BCUT2D eigenvalue weighted by Gasteiger charge is -1.98. The second kappa shape index (κ2) is 9.08. The van der Waals surface area contributed by atoms with Crippen LogP contribution in [-0.2, 0) is 11.2 Å². The fraction of sp³-hybridized carbons (Fsp3) is 0.263. The number of para-hydroxylation sites is 1. The standard InChI is InChI=1S/C10H13Cl.C9H7NO3/c1-2-3-4-9-5-7-10(11)8-6-9;1-6(11)12-9-7-4-2-3-5-8(7)13-10-9/h5-8H,2-4H2,1H3;2-5H,1H3. The predicted molar refractivity (Wildman–Crippen MR) is 95.4 cm³/mol. The van der Waals surface area contributed by atoms with Crippen molar-refractivity contribution in [1.82, 2.24) is 5.16 Å². The molecule has 3 aromatic rings. The summed E-state index contributed by atoms with van der Waals surface area (Å²) in [6, 6.07) is 15.3. The third kappa shape index (κ3) is 5.39. The van der Waals surface area contributed by atoms with E-state index in [0.717, 1.165) is 5.02 Å². The molecule has 0 aliphatic rings. The van der Waals surface area contributed by atoms with Crippen LogP contribution in [0.3, 0.4) is 0 Å². The zero-order valence-corrected chi connectivity index (χ0v) is 14.5. The van der Waals surface area contributed by atoms with Gasteiger partial charge in [-0.05, 0) is 47.8 Å². The first-order valence-electron chi connectivity index (χ1n) is 7.87. The van der Waals surface area contributed by atoms with Gasteiger partial charge in [0.2, 0.25) is 0 Å². The summed E-state index contributed by atoms with van der Waals surface area (Å²) in [6.07, 6.45) is 3.69. The van der Waals surface area contributed by atoms with Gasteiger partial charge in [-0.25, -0.2) is 0 Å². The van der Waals surface area contributed by atoms with Crippen LogP contribution in [0.25, 0.3) is 11.0 Å². The number of halogens is 1. The molecule has 1 heterocycles. The van der Waals surface area contributed by atoms with Gasteiger partial charge in [0.1, 0.15) is 0 Å². The molecule has 0 unspecified atom stereocenters. The van der Waals surface area contributed by atoms with Crippen LogP contribution in [0.1, 0.15) is 32.3 Å². The van der Waals surface area contributed by atoms with E-state index in [1.54, 1.807) is 12.1 Å². The average molecular weight is 346 g/mol. The van der Waals surface area contributed by atoms with E-state index < -0.39 is 5.97 Å². The minimum absolute atomic E-state index is 0.225. The SMILES string of the molecule is CC(=O)Oc1noc2ccccc12.CCCCc1ccc(Cl)cc1. The number of rotatable bonds is 4. The Bertz CT molecular complexity index is 781. The van der Waals surface area contributed by atoms with Crippen LogP contribution in [0.5, 0.6) is 5.88 Å². The summed E-state index contributed by atoms with van der Waals surface area (Å²) < 4.78 is 9.75. The predicted octanol–water partition coefficient (Wildman–Crippen LogP) is 5.44. The lowest BCUT2D eigenvalue weighted by molar-refractivity contribution is -0.132. The van der Waals surface area contributed by atoms with Crippen molar-refractivity contribution in [3.63, 3.8) is 0 Å². The monoisotopic (exact) mass is 345 g/mol. The number of fused-ring (bicyclic) bond motifs is 1. The zero-order valence-electron chi connectivity index (χ0n) is 13.8. The zero-order chi connectivity index (χ0) is 17.4. The van der Waals surface area contributed by atoms with Crippen molar-refractivity contribution >= 4 is 28.5 Å². The smallest absolute Gasteiger partial charge is 0.309 e. The number of unbranched alkanes of at least 4 members (excludes halogenated alkanes) is 1. The number of carbonyl (C=O) groups is 1. The minimum Gasteiger partial charge on any atom is -0.404 e. The summed E-state index contributed by atoms with van der Waals surface area (Å²) in [5.74, 6) is -0.179. The molecular weight excluding hydrogens is 326 g/mol. The summed E-state index contributed by atoms with van der Waals surface area (Å²) in [6.45, 7) is 3.53. The molecule has 0 aliphatic carbocycles. The maximum Gasteiger partial charge on any atom is 0.309 e. The first-order chi connectivity index (χ1) is 11.6. The van der Waals surface area contributed by atoms with Crippen molar-refractivity contribution in [2.75, 3.05) is 0 Å². The molecule has 0 fully saturated rings. The van der Waals surface area contributed by atoms with Crippen LogP contribution >= 0.6 is 11.6 Å². The van der Waals surface area contributed by atoms with Gasteiger partial charge in [0.15, 0.2) is 5.58 Å². The molecule has 0 bridgehead atoms. The van der Waals surface area contributed by atoms with E-state index >= 15 is 0 Å². The van der Waals surface area contributed by atoms with Crippen LogP contribution in [-0.4, -0.2) is 11.1 Å². The minimum atomic E-state index is -0.404. The maximum atomic E-state index is 10.7. The third-order valence-corrected chi connectivity index (χ3v) is 3.57. The number of ether oxygens (including phenoxy) is 1. The maximum absolute atomic E-state index is 10.7. The van der Waals surface area contributed by atoms with Gasteiger partial charge in [-0.15, -0.1) is 0 Å². The van der Waals surface area contributed by atoms with Gasteiger partial charge in [0, 0.05) is 11.9 Å². The third-order valence-electron chi connectivity index (χ3n) is 3.32. The van der Waals surface area contributed by atoms with Gasteiger partial charge >= 0.3 is 5.97 Å². The second-order valence-corrected chi connectivity index (χ2v) is 5.74. The first kappa shape index (κ1) is 18.0. The Morgan fingerprint density at radius 1 is 1.17 bits per heavy atom. The lowest BCUT2D eigenvalue weighted by Crippen LogP contribution is -2.01. The normalized spacial score (nSPS) is 10.1. The molecule has 0 atom stereocenters. The van der Waals surface area contributed by atoms with E-state index in [0.29, 0.717) is 11.0 Å². The number of carbonyl (C=O) groups excluding carboxylic acids is 1. The van der Waals surface area contributed by atoms with Gasteiger partial charge in [0.05, 0.1) is 5.39 Å². The molecule has 0 saturated heterocycles. The molecule has 0 radical (unpaired) electrons. The summed E-state index contributed by atoms with van der Waals surface area (Å²) >= 11 is 5.75. The Morgan fingerprint density at radius 2 is 1.88 bits per heavy atom. The Hall–Kier alpha value is -2.33. The highest BCUT2D eigenvalue weighted by Gasteiger charge is 2.09. The summed E-state index contributed by atoms with van der Waals surface area (Å²) in [5, 5.41) is 5.15. The van der Waals surface area contributed by atoms with Crippen LogP contribution in [0.2, 0.25) is 5.02 Å². The summed E-state index contributed by atoms with van der Waals surface area (Å²) in [5.41, 5.74) is 2.00. The molecule has 5 heteroatoms. The molecule has 1 aromatic heterocycles. The molecule has 0 N–H and O–H groups in total. The van der Waals surface area contributed by atoms with Crippen molar-refractivity contribution in [3.8, 4) is 5.88 Å². The quantitative estimate of drug-likeness (QED) is 0.591. The van der Waals surface area contributed by atoms with Crippen LogP contribution in [0, 0.1) is 0 Å². The van der Waals surface area contributed by atoms with Gasteiger partial charge in [0.25, 0.3) is 5.88 Å². The molecular formula is C19H20ClNO3. The molecule has 0 spiro atoms. The fourth-order valence-electron chi connectivity index (χ4n) is 2.10. The van der Waals surface area contributed by atoms with Gasteiger partial charge in [-0.3, -0.25) is 4.79 Å². The molecule has 2 aromatic carbocycles. The Morgan fingerprint density at radius 3 is 2.54 bits per heavy atom. The highest BCUT2D eigenvalue weighted by molar-refractivity contribution is 6.30. The van der Waals surface area contributed by atoms with Gasteiger partial charge in [-0.1, -0.05) is 49.2 Å². The van der Waals surface area contributed by atoms with Crippen molar-refractivity contribution in [3.05, 3.63) is 59.1 Å². The number of nitrogens with zero attached hydrogens (tertiary/aromatic N) is 1. The largest absolute Gasteiger partial charge is 0.404 e. The number of esters is 1. The summed E-state index contributed by atoms with van der Waals surface area (Å²) in [7, 11) is 0. The van der Waals surface area contributed by atoms with Crippen molar-refractivity contribution in [1.29, 1.82) is 0 Å².